The van der Waals surface area contributed by atoms with Crippen LogP contribution in [0.15, 0.2) is 35.4 Å². The average Bonchev–Trinajstić information content (AvgIpc) is 2.96. The minimum Gasteiger partial charge on any atom is -0.372 e. The number of amides is 1. The zero-order chi connectivity index (χ0) is 31.9. The summed E-state index contributed by atoms with van der Waals surface area (Å²) in [6.07, 6.45) is -0.986. The summed E-state index contributed by atoms with van der Waals surface area (Å²) in [7, 11) is 3.24. The molecule has 44 heavy (non-hydrogen) atoms. The van der Waals surface area contributed by atoms with Crippen molar-refractivity contribution in [2.75, 3.05) is 54.9 Å². The van der Waals surface area contributed by atoms with Gasteiger partial charge in [0.15, 0.2) is 5.82 Å². The van der Waals surface area contributed by atoms with Gasteiger partial charge in [0.1, 0.15) is 11.5 Å². The Balaban J connectivity index is 1.61. The summed E-state index contributed by atoms with van der Waals surface area (Å²) in [6.45, 7) is 8.10. The summed E-state index contributed by atoms with van der Waals surface area (Å²) in [5.41, 5.74) is -2.92. The van der Waals surface area contributed by atoms with Crippen LogP contribution in [0.1, 0.15) is 43.1 Å². The Bertz CT molecular complexity index is 1610. The van der Waals surface area contributed by atoms with E-state index in [9.17, 15) is 18.4 Å². The van der Waals surface area contributed by atoms with E-state index in [0.717, 1.165) is 16.8 Å². The van der Waals surface area contributed by atoms with Crippen LogP contribution in [0.4, 0.5) is 34.9 Å². The Hall–Kier alpha value is -4.04. The number of morpholine rings is 1. The SMILES string of the molecule is CC1CN(c2nccc(-c3c(F)cc(N4CCN(C)C(C)C4)c(NC(=O)c4cn(C)c(=O)cc4C(F)F)c3F)n2)CC(C)O1. The lowest BCUT2D eigenvalue weighted by atomic mass is 10.0. The van der Waals surface area contributed by atoms with E-state index >= 15 is 8.78 Å². The molecule has 5 rings (SSSR count). The molecule has 236 valence electrons. The lowest BCUT2D eigenvalue weighted by Crippen LogP contribution is -2.50. The van der Waals surface area contributed by atoms with E-state index in [1.165, 1.54) is 19.3 Å². The van der Waals surface area contributed by atoms with Crippen molar-refractivity contribution in [1.82, 2.24) is 19.4 Å². The largest absolute Gasteiger partial charge is 0.372 e. The first-order chi connectivity index (χ1) is 20.8. The highest BCUT2D eigenvalue weighted by atomic mass is 19.3. The number of alkyl halides is 2. The normalized spacial score (nSPS) is 21.2. The lowest BCUT2D eigenvalue weighted by Gasteiger charge is -2.39. The Labute approximate surface area is 252 Å². The Kier molecular flexibility index (Phi) is 8.93. The monoisotopic (exact) mass is 617 g/mol. The van der Waals surface area contributed by atoms with E-state index in [1.54, 1.807) is 4.90 Å². The number of aryl methyl sites for hydroxylation is 1. The van der Waals surface area contributed by atoms with Crippen molar-refractivity contribution in [3.63, 3.8) is 0 Å². The minimum atomic E-state index is -3.14. The highest BCUT2D eigenvalue weighted by Gasteiger charge is 2.31. The number of anilines is 3. The number of pyridine rings is 1. The number of hydrogen-bond donors (Lipinski definition) is 1. The van der Waals surface area contributed by atoms with Crippen LogP contribution >= 0.6 is 0 Å². The summed E-state index contributed by atoms with van der Waals surface area (Å²) >= 11 is 0. The molecular formula is C30H35F4N7O3. The lowest BCUT2D eigenvalue weighted by molar-refractivity contribution is -0.00572. The number of hydrogen-bond acceptors (Lipinski definition) is 8. The number of halogens is 4. The third kappa shape index (κ3) is 6.27. The quantitative estimate of drug-likeness (QED) is 0.414. The summed E-state index contributed by atoms with van der Waals surface area (Å²) in [4.78, 5) is 40.0. The highest BCUT2D eigenvalue weighted by Crippen LogP contribution is 2.39. The van der Waals surface area contributed by atoms with Gasteiger partial charge in [-0.1, -0.05) is 0 Å². The number of nitrogens with one attached hydrogen (secondary N) is 1. The fourth-order valence-electron chi connectivity index (χ4n) is 5.65. The zero-order valence-corrected chi connectivity index (χ0v) is 25.2. The smallest absolute Gasteiger partial charge is 0.264 e. The van der Waals surface area contributed by atoms with E-state index in [4.69, 9.17) is 4.74 Å². The predicted octanol–water partition coefficient (Wildman–Crippen LogP) is 4.06. The number of aromatic nitrogens is 3. The molecule has 2 saturated heterocycles. The van der Waals surface area contributed by atoms with Crippen LogP contribution in [0.5, 0.6) is 0 Å². The van der Waals surface area contributed by atoms with Crippen molar-refractivity contribution >= 4 is 23.2 Å². The van der Waals surface area contributed by atoms with Gasteiger partial charge in [0.05, 0.1) is 34.7 Å². The van der Waals surface area contributed by atoms with Crippen molar-refractivity contribution in [1.29, 1.82) is 0 Å². The molecule has 1 amide bonds. The summed E-state index contributed by atoms with van der Waals surface area (Å²) in [5, 5.41) is 2.43. The summed E-state index contributed by atoms with van der Waals surface area (Å²) in [6, 6.07) is 3.19. The Morgan fingerprint density at radius 3 is 2.41 bits per heavy atom. The van der Waals surface area contributed by atoms with Gasteiger partial charge in [-0.2, -0.15) is 0 Å². The third-order valence-electron chi connectivity index (χ3n) is 8.08. The minimum absolute atomic E-state index is 0.0231. The van der Waals surface area contributed by atoms with Gasteiger partial charge in [-0.3, -0.25) is 9.59 Å². The van der Waals surface area contributed by atoms with Crippen LogP contribution in [-0.2, 0) is 11.8 Å². The summed E-state index contributed by atoms with van der Waals surface area (Å²) in [5.74, 6) is -2.84. The van der Waals surface area contributed by atoms with E-state index in [-0.39, 0.29) is 41.3 Å². The second-order valence-electron chi connectivity index (χ2n) is 11.5. The fraction of sp³-hybridized carbons (Fsp3) is 0.467. The maximum Gasteiger partial charge on any atom is 0.264 e. The molecule has 2 fully saturated rings. The molecule has 0 saturated carbocycles. The van der Waals surface area contributed by atoms with Crippen LogP contribution in [-0.4, -0.2) is 83.4 Å². The van der Waals surface area contributed by atoms with Crippen LogP contribution in [0.3, 0.4) is 0 Å². The van der Waals surface area contributed by atoms with Crippen LogP contribution < -0.4 is 20.7 Å². The number of likely N-dealkylation sites (N-methyl/N-ethyl adjacent to an activating group) is 1. The van der Waals surface area contributed by atoms with Gasteiger partial charge >= 0.3 is 0 Å². The highest BCUT2D eigenvalue weighted by molar-refractivity contribution is 6.07. The number of piperazine rings is 1. The van der Waals surface area contributed by atoms with E-state index in [1.807, 2.05) is 32.7 Å². The van der Waals surface area contributed by atoms with Crippen molar-refractivity contribution in [3.05, 3.63) is 63.7 Å². The van der Waals surface area contributed by atoms with E-state index in [2.05, 4.69) is 20.2 Å². The van der Waals surface area contributed by atoms with Gasteiger partial charge < -0.3 is 29.3 Å². The van der Waals surface area contributed by atoms with Crippen molar-refractivity contribution in [3.8, 4) is 11.3 Å². The molecule has 10 nitrogen and oxygen atoms in total. The maximum atomic E-state index is 16.6. The molecule has 1 aromatic carbocycles. The molecule has 0 spiro atoms. The first kappa shape index (κ1) is 31.4. The topological polar surface area (TPSA) is 95.8 Å². The van der Waals surface area contributed by atoms with E-state index < -0.39 is 46.2 Å². The first-order valence-corrected chi connectivity index (χ1v) is 14.3. The molecule has 3 atom stereocenters. The molecule has 3 unspecified atom stereocenters. The predicted molar refractivity (Wildman–Crippen MR) is 159 cm³/mol. The van der Waals surface area contributed by atoms with Crippen molar-refractivity contribution in [2.45, 2.75) is 45.4 Å². The second-order valence-corrected chi connectivity index (χ2v) is 11.5. The van der Waals surface area contributed by atoms with Gasteiger partial charge in [0, 0.05) is 75.9 Å². The third-order valence-corrected chi connectivity index (χ3v) is 8.08. The summed E-state index contributed by atoms with van der Waals surface area (Å²) < 4.78 is 67.0. The average molecular weight is 618 g/mol. The van der Waals surface area contributed by atoms with E-state index in [0.29, 0.717) is 38.8 Å². The zero-order valence-electron chi connectivity index (χ0n) is 25.2. The van der Waals surface area contributed by atoms with Gasteiger partial charge in [0.25, 0.3) is 17.9 Å². The fourth-order valence-corrected chi connectivity index (χ4v) is 5.65. The van der Waals surface area contributed by atoms with Gasteiger partial charge in [0.2, 0.25) is 5.95 Å². The molecule has 2 aliphatic heterocycles. The maximum absolute atomic E-state index is 16.6. The first-order valence-electron chi connectivity index (χ1n) is 14.3. The van der Waals surface area contributed by atoms with Gasteiger partial charge in [-0.15, -0.1) is 0 Å². The molecule has 2 aromatic heterocycles. The molecule has 0 bridgehead atoms. The standard InChI is InChI=1S/C30H35F4N7O3/c1-16-12-40(9-8-38(16)4)23-11-21(31)25(22-6-7-35-30(36-22)41-13-17(2)44-18(3)14-41)26(32)27(23)37-29(43)20-15-39(5)24(42)10-19(20)28(33)34/h6-7,10-11,15-18,28H,8-9,12-14H2,1-5H3,(H,37,43). The van der Waals surface area contributed by atoms with Crippen LogP contribution in [0.2, 0.25) is 0 Å². The van der Waals surface area contributed by atoms with Crippen molar-refractivity contribution < 1.29 is 27.1 Å². The Morgan fingerprint density at radius 2 is 1.75 bits per heavy atom. The van der Waals surface area contributed by atoms with Gasteiger partial charge in [-0.25, -0.2) is 27.5 Å². The second kappa shape index (κ2) is 12.5. The number of nitrogens with zero attached hydrogens (tertiary/aromatic N) is 6. The molecule has 0 radical (unpaired) electrons. The van der Waals surface area contributed by atoms with Crippen LogP contribution in [0.25, 0.3) is 11.3 Å². The van der Waals surface area contributed by atoms with Gasteiger partial charge in [-0.05, 0) is 33.9 Å². The number of rotatable bonds is 6. The molecule has 0 aliphatic carbocycles. The molecular weight excluding hydrogens is 582 g/mol. The molecule has 3 aromatic rings. The molecule has 1 N–H and O–H groups in total. The number of benzene rings is 1. The van der Waals surface area contributed by atoms with Crippen LogP contribution in [0, 0.1) is 11.6 Å². The number of carbonyl (C=O) groups is 1. The Morgan fingerprint density at radius 1 is 1.05 bits per heavy atom. The molecule has 2 aliphatic rings. The van der Waals surface area contributed by atoms with Crippen molar-refractivity contribution in [2.24, 2.45) is 7.05 Å². The number of ether oxygens (including phenoxy) is 1. The molecule has 4 heterocycles. The molecule has 14 heteroatoms. The number of carbonyl (C=O) groups excluding carboxylic acids is 1.